The zero-order valence-corrected chi connectivity index (χ0v) is 15.7. The number of nitrogens with two attached hydrogens (primary N) is 1. The fourth-order valence-corrected chi connectivity index (χ4v) is 3.00. The molecule has 2 aromatic carbocycles. The van der Waals surface area contributed by atoms with E-state index in [9.17, 15) is 27.9 Å². The van der Waals surface area contributed by atoms with Crippen LogP contribution in [0.15, 0.2) is 48.5 Å². The number of carbonyl (C=O) groups is 2. The first kappa shape index (κ1) is 21.8. The third-order valence-electron chi connectivity index (χ3n) is 4.64. The van der Waals surface area contributed by atoms with Crippen LogP contribution in [-0.2, 0) is 27.0 Å². The second-order valence-corrected chi connectivity index (χ2v) is 6.66. The summed E-state index contributed by atoms with van der Waals surface area (Å²) in [6.45, 7) is 0.420. The number of morpholine rings is 1. The normalized spacial score (nSPS) is 18.2. The van der Waals surface area contributed by atoms with Crippen LogP contribution in [0.4, 0.5) is 24.5 Å². The monoisotopic (exact) mass is 423 g/mol. The van der Waals surface area contributed by atoms with Crippen LogP contribution in [0.5, 0.6) is 0 Å². The summed E-state index contributed by atoms with van der Waals surface area (Å²) in [5.41, 5.74) is 6.14. The molecule has 30 heavy (non-hydrogen) atoms. The lowest BCUT2D eigenvalue weighted by atomic mass is 10.1. The molecule has 0 aromatic heterocycles. The Morgan fingerprint density at radius 3 is 2.40 bits per heavy atom. The molecule has 160 valence electrons. The van der Waals surface area contributed by atoms with E-state index in [-0.39, 0.29) is 18.8 Å². The van der Waals surface area contributed by atoms with Crippen LogP contribution in [0.2, 0.25) is 0 Å². The van der Waals surface area contributed by atoms with Crippen LogP contribution >= 0.6 is 0 Å². The van der Waals surface area contributed by atoms with Gasteiger partial charge in [-0.15, -0.1) is 0 Å². The molecule has 0 bridgehead atoms. The lowest BCUT2D eigenvalue weighted by Gasteiger charge is -2.34. The van der Waals surface area contributed by atoms with Gasteiger partial charge >= 0.3 is 6.18 Å². The maximum atomic E-state index is 12.7. The number of nitrogens with one attached hydrogen (secondary N) is 1. The molecule has 4 N–H and O–H groups in total. The molecule has 1 fully saturated rings. The number of anilines is 2. The molecule has 2 aromatic rings. The molecular weight excluding hydrogens is 403 g/mol. The predicted octanol–water partition coefficient (Wildman–Crippen LogP) is 1.90. The third kappa shape index (κ3) is 4.78. The van der Waals surface area contributed by atoms with E-state index in [1.807, 2.05) is 0 Å². The van der Waals surface area contributed by atoms with Gasteiger partial charge in [0.25, 0.3) is 11.8 Å². The van der Waals surface area contributed by atoms with Crippen LogP contribution in [0.3, 0.4) is 0 Å². The highest BCUT2D eigenvalue weighted by atomic mass is 19.4. The molecule has 2 amide bonds. The molecule has 10 heteroatoms. The summed E-state index contributed by atoms with van der Waals surface area (Å²) in [5, 5.41) is 12.8. The Balaban J connectivity index is 1.69. The van der Waals surface area contributed by atoms with Gasteiger partial charge in [-0.2, -0.15) is 13.2 Å². The van der Waals surface area contributed by atoms with Gasteiger partial charge in [-0.05, 0) is 42.0 Å². The van der Waals surface area contributed by atoms with Crippen molar-refractivity contribution >= 4 is 23.2 Å². The predicted molar refractivity (Wildman–Crippen MR) is 103 cm³/mol. The van der Waals surface area contributed by atoms with Gasteiger partial charge in [0.15, 0.2) is 12.2 Å². The Labute approximate surface area is 170 Å². The van der Waals surface area contributed by atoms with Gasteiger partial charge in [-0.1, -0.05) is 12.1 Å². The van der Waals surface area contributed by atoms with E-state index in [1.165, 1.54) is 4.90 Å². The number of carbonyl (C=O) groups excluding carboxylic acids is 2. The van der Waals surface area contributed by atoms with E-state index in [2.05, 4.69) is 5.32 Å². The van der Waals surface area contributed by atoms with E-state index in [1.54, 1.807) is 24.3 Å². The fraction of sp³-hybridized carbons (Fsp3) is 0.300. The average molecular weight is 423 g/mol. The summed E-state index contributed by atoms with van der Waals surface area (Å²) < 4.78 is 43.5. The quantitative estimate of drug-likeness (QED) is 0.681. The molecule has 1 heterocycles. The Kier molecular flexibility index (Phi) is 6.40. The molecule has 1 aliphatic rings. The zero-order valence-electron chi connectivity index (χ0n) is 15.7. The van der Waals surface area contributed by atoms with Crippen molar-refractivity contribution in [2.24, 2.45) is 5.73 Å². The Bertz CT molecular complexity index is 901. The Morgan fingerprint density at radius 1 is 1.20 bits per heavy atom. The Morgan fingerprint density at radius 2 is 1.83 bits per heavy atom. The minimum absolute atomic E-state index is 0.00691. The molecule has 0 spiro atoms. The number of hydrogen-bond acceptors (Lipinski definition) is 5. The lowest BCUT2D eigenvalue weighted by molar-refractivity contribution is -0.150. The SMILES string of the molecule is NCc1ccc(NC(=O)C(O)[C@H]2OCCN(c3ccc(C(F)(F)F)cc3)C2=O)cc1. The van der Waals surface area contributed by atoms with Gasteiger partial charge in [0.05, 0.1) is 12.2 Å². The van der Waals surface area contributed by atoms with Gasteiger partial charge in [0, 0.05) is 24.5 Å². The van der Waals surface area contributed by atoms with Crippen LogP contribution in [-0.4, -0.2) is 42.3 Å². The van der Waals surface area contributed by atoms with E-state index in [0.29, 0.717) is 12.2 Å². The van der Waals surface area contributed by atoms with Crippen LogP contribution in [0.25, 0.3) is 0 Å². The highest BCUT2D eigenvalue weighted by Crippen LogP contribution is 2.31. The standard InChI is InChI=1S/C20H20F3N3O4/c21-20(22,23)13-3-7-15(8-4-13)26-9-10-30-17(19(26)29)16(27)18(28)25-14-5-1-12(11-24)2-6-14/h1-8,16-17,27H,9-11,24H2,(H,25,28)/t16?,17-/m1/s1. The van der Waals surface area contributed by atoms with Gasteiger partial charge in [0.1, 0.15) is 0 Å². The fourth-order valence-electron chi connectivity index (χ4n) is 3.00. The van der Waals surface area contributed by atoms with Gasteiger partial charge in [-0.25, -0.2) is 0 Å². The second-order valence-electron chi connectivity index (χ2n) is 6.66. The van der Waals surface area contributed by atoms with Crippen LogP contribution in [0.1, 0.15) is 11.1 Å². The minimum Gasteiger partial charge on any atom is -0.380 e. The third-order valence-corrected chi connectivity index (χ3v) is 4.64. The number of rotatable bonds is 5. The van der Waals surface area contributed by atoms with Gasteiger partial charge in [-0.3, -0.25) is 9.59 Å². The lowest BCUT2D eigenvalue weighted by Crippen LogP contribution is -2.55. The van der Waals surface area contributed by atoms with E-state index in [4.69, 9.17) is 10.5 Å². The number of aliphatic hydroxyl groups excluding tert-OH is 1. The minimum atomic E-state index is -4.49. The number of alkyl halides is 3. The topological polar surface area (TPSA) is 105 Å². The molecule has 1 aliphatic heterocycles. The van der Waals surface area contributed by atoms with E-state index < -0.39 is 35.8 Å². The van der Waals surface area contributed by atoms with Crippen molar-refractivity contribution in [1.82, 2.24) is 0 Å². The molecule has 2 atom stereocenters. The first-order valence-corrected chi connectivity index (χ1v) is 9.09. The highest BCUT2D eigenvalue weighted by molar-refractivity contribution is 6.03. The number of ether oxygens (including phenoxy) is 1. The number of halogens is 3. The molecule has 0 radical (unpaired) electrons. The van der Waals surface area contributed by atoms with E-state index >= 15 is 0 Å². The van der Waals surface area contributed by atoms with Crippen molar-refractivity contribution in [3.05, 3.63) is 59.7 Å². The highest BCUT2D eigenvalue weighted by Gasteiger charge is 2.39. The summed E-state index contributed by atoms with van der Waals surface area (Å²) in [7, 11) is 0. The summed E-state index contributed by atoms with van der Waals surface area (Å²) in [5.74, 6) is -1.56. The number of benzene rings is 2. The first-order chi connectivity index (χ1) is 14.2. The van der Waals surface area contributed by atoms with Crippen LogP contribution < -0.4 is 16.0 Å². The summed E-state index contributed by atoms with van der Waals surface area (Å²) in [6.07, 6.45) is -7.78. The van der Waals surface area contributed by atoms with Gasteiger partial charge in [0.2, 0.25) is 0 Å². The smallest absolute Gasteiger partial charge is 0.380 e. The molecule has 1 saturated heterocycles. The van der Waals surface area contributed by atoms with Crippen molar-refractivity contribution < 1.29 is 32.6 Å². The van der Waals surface area contributed by atoms with Crippen molar-refractivity contribution in [1.29, 1.82) is 0 Å². The number of hydrogen-bond donors (Lipinski definition) is 3. The molecule has 0 saturated carbocycles. The van der Waals surface area contributed by atoms with Crippen molar-refractivity contribution in [3.8, 4) is 0 Å². The number of aliphatic hydroxyl groups is 1. The Hall–Kier alpha value is -2.95. The largest absolute Gasteiger partial charge is 0.416 e. The molecule has 1 unspecified atom stereocenters. The maximum Gasteiger partial charge on any atom is 0.416 e. The molecule has 7 nitrogen and oxygen atoms in total. The second kappa shape index (κ2) is 8.82. The average Bonchev–Trinajstić information content (AvgIpc) is 2.73. The van der Waals surface area contributed by atoms with E-state index in [0.717, 1.165) is 29.8 Å². The molecule has 3 rings (SSSR count). The summed E-state index contributed by atoms with van der Waals surface area (Å²) >= 11 is 0. The molecular formula is C20H20F3N3O4. The van der Waals surface area contributed by atoms with Gasteiger partial charge < -0.3 is 25.8 Å². The zero-order chi connectivity index (χ0) is 21.9. The first-order valence-electron chi connectivity index (χ1n) is 9.09. The van der Waals surface area contributed by atoms with Crippen molar-refractivity contribution in [3.63, 3.8) is 0 Å². The summed E-state index contributed by atoms with van der Waals surface area (Å²) in [4.78, 5) is 26.2. The van der Waals surface area contributed by atoms with Crippen LogP contribution in [0, 0.1) is 0 Å². The van der Waals surface area contributed by atoms with Crippen molar-refractivity contribution in [2.75, 3.05) is 23.4 Å². The van der Waals surface area contributed by atoms with Crippen molar-refractivity contribution in [2.45, 2.75) is 24.9 Å². The number of amides is 2. The maximum absolute atomic E-state index is 12.7. The summed E-state index contributed by atoms with van der Waals surface area (Å²) in [6, 6.07) is 10.7. The number of nitrogens with zero attached hydrogens (tertiary/aromatic N) is 1. The molecule has 0 aliphatic carbocycles.